The van der Waals surface area contributed by atoms with E-state index in [1.54, 1.807) is 12.1 Å². The molecule has 2 aromatic carbocycles. The number of nitrogens with zero attached hydrogens (tertiary/aromatic N) is 1. The molecular weight excluding hydrogens is 300 g/mol. The average Bonchev–Trinajstić information content (AvgIpc) is 2.92. The van der Waals surface area contributed by atoms with Gasteiger partial charge < -0.3 is 0 Å². The molecule has 1 N–H and O–H groups in total. The topological polar surface area (TPSA) is 49.4 Å². The Balaban J connectivity index is 1.78. The maximum Gasteiger partial charge on any atom is 0.269 e. The van der Waals surface area contributed by atoms with Gasteiger partial charge in [-0.15, -0.1) is 0 Å². The normalized spacial score (nSPS) is 20.2. The molecule has 2 aromatic rings. The summed E-state index contributed by atoms with van der Waals surface area (Å²) in [5, 5.41) is 1.53. The summed E-state index contributed by atoms with van der Waals surface area (Å²) in [5.74, 6) is -0.159. The van der Waals surface area contributed by atoms with Gasteiger partial charge >= 0.3 is 0 Å². The minimum atomic E-state index is -0.240. The van der Waals surface area contributed by atoms with E-state index in [1.807, 2.05) is 56.3 Å². The maximum absolute atomic E-state index is 12.5. The molecule has 0 saturated carbocycles. The van der Waals surface area contributed by atoms with Crippen LogP contribution >= 0.6 is 0 Å². The van der Waals surface area contributed by atoms with E-state index < -0.39 is 0 Å². The second kappa shape index (κ2) is 6.87. The van der Waals surface area contributed by atoms with Crippen LogP contribution in [0.2, 0.25) is 0 Å². The number of hydrogen-bond acceptors (Lipinski definition) is 2. The van der Waals surface area contributed by atoms with Gasteiger partial charge in [0.25, 0.3) is 5.91 Å². The zero-order chi connectivity index (χ0) is 17.1. The molecule has 1 fully saturated rings. The summed E-state index contributed by atoms with van der Waals surface area (Å²) in [4.78, 5) is 24.9. The molecular formula is C20H22N2O2. The van der Waals surface area contributed by atoms with Crippen LogP contribution in [0.25, 0.3) is 0 Å². The highest BCUT2D eigenvalue weighted by molar-refractivity contribution is 5.95. The summed E-state index contributed by atoms with van der Waals surface area (Å²) in [7, 11) is 0. The quantitative estimate of drug-likeness (QED) is 0.937. The number of carbonyl (C=O) groups is 2. The largest absolute Gasteiger partial charge is 0.273 e. The Labute approximate surface area is 142 Å². The summed E-state index contributed by atoms with van der Waals surface area (Å²) in [6.45, 7) is 4.02. The van der Waals surface area contributed by atoms with Crippen LogP contribution in [-0.4, -0.2) is 22.9 Å². The van der Waals surface area contributed by atoms with Crippen molar-refractivity contribution in [2.24, 2.45) is 0 Å². The first kappa shape index (κ1) is 16.2. The second-order valence-electron chi connectivity index (χ2n) is 6.27. The Morgan fingerprint density at radius 1 is 1.12 bits per heavy atom. The lowest BCUT2D eigenvalue weighted by Gasteiger charge is -2.27. The first-order chi connectivity index (χ1) is 11.6. The summed E-state index contributed by atoms with van der Waals surface area (Å²) >= 11 is 0. The fourth-order valence-electron chi connectivity index (χ4n) is 3.32. The molecule has 1 saturated heterocycles. The van der Waals surface area contributed by atoms with Crippen molar-refractivity contribution in [2.45, 2.75) is 38.6 Å². The third-order valence-corrected chi connectivity index (χ3v) is 4.64. The van der Waals surface area contributed by atoms with Gasteiger partial charge in [0.05, 0.1) is 6.04 Å². The standard InChI is InChI=1S/C20H22N2O2/c1-3-18-17(15-7-5-4-6-8-15)13-19(23)22(18)21-20(24)16-11-9-14(2)10-12-16/h4-12,17-18H,3,13H2,1-2H3,(H,21,24)/t17?,18-/m0/s1. The van der Waals surface area contributed by atoms with Crippen LogP contribution < -0.4 is 5.43 Å². The van der Waals surface area contributed by atoms with Crippen molar-refractivity contribution in [3.63, 3.8) is 0 Å². The van der Waals surface area contributed by atoms with Crippen molar-refractivity contribution < 1.29 is 9.59 Å². The molecule has 124 valence electrons. The summed E-state index contributed by atoms with van der Waals surface area (Å²) in [5.41, 5.74) is 5.61. The summed E-state index contributed by atoms with van der Waals surface area (Å²) in [6.07, 6.45) is 1.22. The summed E-state index contributed by atoms with van der Waals surface area (Å²) < 4.78 is 0. The molecule has 2 amide bonds. The van der Waals surface area contributed by atoms with E-state index in [0.717, 1.165) is 17.5 Å². The van der Waals surface area contributed by atoms with Gasteiger partial charge in [0.2, 0.25) is 5.91 Å². The number of benzene rings is 2. The molecule has 24 heavy (non-hydrogen) atoms. The van der Waals surface area contributed by atoms with Crippen LogP contribution in [0, 0.1) is 6.92 Å². The van der Waals surface area contributed by atoms with Gasteiger partial charge in [-0.2, -0.15) is 0 Å². The van der Waals surface area contributed by atoms with Crippen LogP contribution in [0.4, 0.5) is 0 Å². The lowest BCUT2D eigenvalue weighted by Crippen LogP contribution is -2.48. The molecule has 4 nitrogen and oxygen atoms in total. The number of hydrazine groups is 1. The fourth-order valence-corrected chi connectivity index (χ4v) is 3.32. The maximum atomic E-state index is 12.5. The lowest BCUT2D eigenvalue weighted by molar-refractivity contribution is -0.131. The molecule has 0 aromatic heterocycles. The van der Waals surface area contributed by atoms with Gasteiger partial charge in [0, 0.05) is 17.9 Å². The molecule has 0 radical (unpaired) electrons. The molecule has 0 aliphatic carbocycles. The van der Waals surface area contributed by atoms with Gasteiger partial charge in [-0.05, 0) is 31.0 Å². The van der Waals surface area contributed by atoms with E-state index in [1.165, 1.54) is 5.01 Å². The SMILES string of the molecule is CC[C@H]1C(c2ccccc2)CC(=O)N1NC(=O)c1ccc(C)cc1. The number of amides is 2. The van der Waals surface area contributed by atoms with Crippen molar-refractivity contribution in [3.8, 4) is 0 Å². The van der Waals surface area contributed by atoms with E-state index in [2.05, 4.69) is 5.43 Å². The Morgan fingerprint density at radius 2 is 1.79 bits per heavy atom. The zero-order valence-corrected chi connectivity index (χ0v) is 14.0. The Morgan fingerprint density at radius 3 is 2.42 bits per heavy atom. The molecule has 4 heteroatoms. The van der Waals surface area contributed by atoms with E-state index in [0.29, 0.717) is 12.0 Å². The van der Waals surface area contributed by atoms with Gasteiger partial charge in [0.1, 0.15) is 0 Å². The summed E-state index contributed by atoms with van der Waals surface area (Å²) in [6, 6.07) is 17.4. The Bertz CT molecular complexity index is 725. The van der Waals surface area contributed by atoms with Crippen molar-refractivity contribution in [1.82, 2.24) is 10.4 Å². The van der Waals surface area contributed by atoms with E-state index in [9.17, 15) is 9.59 Å². The van der Waals surface area contributed by atoms with Gasteiger partial charge in [0.15, 0.2) is 0 Å². The minimum Gasteiger partial charge on any atom is -0.273 e. The Kier molecular flexibility index (Phi) is 4.65. The van der Waals surface area contributed by atoms with Gasteiger partial charge in [-0.3, -0.25) is 20.0 Å². The predicted molar refractivity (Wildman–Crippen MR) is 93.4 cm³/mol. The van der Waals surface area contributed by atoms with E-state index >= 15 is 0 Å². The molecule has 0 bridgehead atoms. The molecule has 1 heterocycles. The Hall–Kier alpha value is -2.62. The first-order valence-corrected chi connectivity index (χ1v) is 8.34. The van der Waals surface area contributed by atoms with E-state index in [4.69, 9.17) is 0 Å². The highest BCUT2D eigenvalue weighted by Gasteiger charge is 2.40. The van der Waals surface area contributed by atoms with Crippen LogP contribution in [0.1, 0.15) is 47.2 Å². The van der Waals surface area contributed by atoms with Crippen LogP contribution in [0.5, 0.6) is 0 Å². The van der Waals surface area contributed by atoms with Gasteiger partial charge in [-0.1, -0.05) is 55.0 Å². The zero-order valence-electron chi connectivity index (χ0n) is 14.0. The number of carbonyl (C=O) groups excluding carboxylic acids is 2. The third kappa shape index (κ3) is 3.18. The molecule has 1 unspecified atom stereocenters. The highest BCUT2D eigenvalue weighted by atomic mass is 16.2. The van der Waals surface area contributed by atoms with Crippen LogP contribution in [0.3, 0.4) is 0 Å². The lowest BCUT2D eigenvalue weighted by atomic mass is 9.90. The predicted octanol–water partition coefficient (Wildman–Crippen LogP) is 3.43. The molecule has 1 aliphatic rings. The highest BCUT2D eigenvalue weighted by Crippen LogP contribution is 2.34. The third-order valence-electron chi connectivity index (χ3n) is 4.64. The number of aryl methyl sites for hydroxylation is 1. The number of hydrogen-bond donors (Lipinski definition) is 1. The van der Waals surface area contributed by atoms with E-state index in [-0.39, 0.29) is 23.8 Å². The monoisotopic (exact) mass is 322 g/mol. The molecule has 2 atom stereocenters. The van der Waals surface area contributed by atoms with Crippen molar-refractivity contribution in [3.05, 3.63) is 71.3 Å². The molecule has 1 aliphatic heterocycles. The minimum absolute atomic E-state index is 0.0192. The van der Waals surface area contributed by atoms with Crippen LogP contribution in [0.15, 0.2) is 54.6 Å². The number of nitrogens with one attached hydrogen (secondary N) is 1. The van der Waals surface area contributed by atoms with Crippen molar-refractivity contribution in [1.29, 1.82) is 0 Å². The van der Waals surface area contributed by atoms with Crippen molar-refractivity contribution in [2.75, 3.05) is 0 Å². The molecule has 3 rings (SSSR count). The smallest absolute Gasteiger partial charge is 0.269 e. The average molecular weight is 322 g/mol. The second-order valence-corrected chi connectivity index (χ2v) is 6.27. The van der Waals surface area contributed by atoms with Gasteiger partial charge in [-0.25, -0.2) is 0 Å². The molecule has 0 spiro atoms. The fraction of sp³-hybridized carbons (Fsp3) is 0.300. The first-order valence-electron chi connectivity index (χ1n) is 8.34. The van der Waals surface area contributed by atoms with Crippen molar-refractivity contribution >= 4 is 11.8 Å². The number of rotatable bonds is 4. The van der Waals surface area contributed by atoms with Crippen LogP contribution in [-0.2, 0) is 4.79 Å².